The van der Waals surface area contributed by atoms with E-state index in [9.17, 15) is 24.0 Å². The second kappa shape index (κ2) is 14.1. The Morgan fingerprint density at radius 3 is 2.11 bits per heavy atom. The number of hydrogen-bond donors (Lipinski definition) is 4. The zero-order valence-electron chi connectivity index (χ0n) is 26.8. The molecule has 0 saturated heterocycles. The number of nitrogens with zero attached hydrogens (tertiary/aromatic N) is 1. The lowest BCUT2D eigenvalue weighted by Gasteiger charge is -2.30. The predicted octanol–water partition coefficient (Wildman–Crippen LogP) is 3.44. The van der Waals surface area contributed by atoms with Gasteiger partial charge in [-0.2, -0.15) is 0 Å². The molecule has 0 spiro atoms. The predicted molar refractivity (Wildman–Crippen MR) is 176 cm³/mol. The van der Waals surface area contributed by atoms with E-state index in [1.165, 1.54) is 4.90 Å². The van der Waals surface area contributed by atoms with E-state index >= 15 is 0 Å². The molecule has 3 aromatic carbocycles. The molecule has 3 atom stereocenters. The van der Waals surface area contributed by atoms with Gasteiger partial charge in [-0.1, -0.05) is 78.9 Å². The maximum Gasteiger partial charge on any atom is 0.408 e. The average molecular weight is 640 g/mol. The fourth-order valence-corrected chi connectivity index (χ4v) is 6.14. The fourth-order valence-electron chi connectivity index (χ4n) is 6.14. The van der Waals surface area contributed by atoms with Crippen molar-refractivity contribution in [2.45, 2.75) is 82.6 Å². The summed E-state index contributed by atoms with van der Waals surface area (Å²) in [5, 5.41) is 8.57. The van der Waals surface area contributed by atoms with Crippen molar-refractivity contribution < 1.29 is 28.7 Å². The van der Waals surface area contributed by atoms with Crippen LogP contribution < -0.4 is 26.6 Å². The van der Waals surface area contributed by atoms with Crippen molar-refractivity contribution in [2.75, 3.05) is 4.90 Å². The molecule has 11 nitrogen and oxygen atoms in total. The normalized spacial score (nSPS) is 17.7. The highest BCUT2D eigenvalue weighted by Crippen LogP contribution is 2.39. The second-order valence-corrected chi connectivity index (χ2v) is 12.9. The van der Waals surface area contributed by atoms with E-state index in [0.29, 0.717) is 18.5 Å². The Morgan fingerprint density at radius 2 is 1.51 bits per heavy atom. The number of nitrogens with one attached hydrogen (secondary N) is 3. The number of carbonyl (C=O) groups is 5. The number of ether oxygens (including phenoxy) is 1. The van der Waals surface area contributed by atoms with Crippen LogP contribution in [0.5, 0.6) is 0 Å². The first-order chi connectivity index (χ1) is 22.4. The van der Waals surface area contributed by atoms with Gasteiger partial charge < -0.3 is 26.4 Å². The van der Waals surface area contributed by atoms with E-state index < -0.39 is 59.5 Å². The topological polar surface area (TPSA) is 160 Å². The van der Waals surface area contributed by atoms with Crippen LogP contribution in [0.4, 0.5) is 10.5 Å². The van der Waals surface area contributed by atoms with Crippen molar-refractivity contribution in [1.29, 1.82) is 0 Å². The largest absolute Gasteiger partial charge is 0.444 e. The Hall–Kier alpha value is -5.19. The van der Waals surface area contributed by atoms with Crippen molar-refractivity contribution in [3.63, 3.8) is 0 Å². The van der Waals surface area contributed by atoms with Crippen molar-refractivity contribution in [2.24, 2.45) is 5.73 Å². The van der Waals surface area contributed by atoms with Crippen LogP contribution in [0.15, 0.2) is 78.9 Å². The minimum atomic E-state index is -1.12. The summed E-state index contributed by atoms with van der Waals surface area (Å²) in [4.78, 5) is 67.9. The summed E-state index contributed by atoms with van der Waals surface area (Å²) >= 11 is 0. The first-order valence-corrected chi connectivity index (χ1v) is 15.8. The number of primary amides is 1. The minimum Gasteiger partial charge on any atom is -0.444 e. The minimum absolute atomic E-state index is 0.0368. The van der Waals surface area contributed by atoms with E-state index in [1.807, 2.05) is 78.9 Å². The highest BCUT2D eigenvalue weighted by atomic mass is 16.6. The van der Waals surface area contributed by atoms with Crippen molar-refractivity contribution in [1.82, 2.24) is 16.0 Å². The lowest BCUT2D eigenvalue weighted by atomic mass is 9.98. The third-order valence-electron chi connectivity index (χ3n) is 8.27. The molecule has 5 rings (SSSR count). The number of carbonyl (C=O) groups excluding carboxylic acids is 5. The van der Waals surface area contributed by atoms with E-state index in [0.717, 1.165) is 22.3 Å². The lowest BCUT2D eigenvalue weighted by Crippen LogP contribution is -2.57. The molecule has 0 aliphatic carbocycles. The summed E-state index contributed by atoms with van der Waals surface area (Å²) in [7, 11) is 0. The second-order valence-electron chi connectivity index (χ2n) is 12.9. The van der Waals surface area contributed by atoms with Gasteiger partial charge in [0.1, 0.15) is 23.7 Å². The molecular formula is C36H41N5O6. The SMILES string of the molecule is CC(C)(C)OC(=O)N[C@H]1CCc2cccc3c2N(C1=O)[C@H](C(=O)N[C@@H](CCC(N)=O)C(=O)NC(c1ccccc1)c1ccccc1)C3. The van der Waals surface area contributed by atoms with Crippen LogP contribution in [0, 0.1) is 0 Å². The summed E-state index contributed by atoms with van der Waals surface area (Å²) in [6.45, 7) is 5.20. The summed E-state index contributed by atoms with van der Waals surface area (Å²) in [6.07, 6.45) is 0.148. The zero-order chi connectivity index (χ0) is 33.7. The third kappa shape index (κ3) is 7.97. The lowest BCUT2D eigenvalue weighted by molar-refractivity contribution is -0.131. The van der Waals surface area contributed by atoms with Gasteiger partial charge in [0.15, 0.2) is 0 Å². The summed E-state index contributed by atoms with van der Waals surface area (Å²) in [5.41, 5.74) is 8.72. The maximum atomic E-state index is 14.1. The standard InChI is InChI=1S/C36H41N5O6/c1-36(2,3)47-35(46)39-27-18-17-24-15-10-16-25-21-28(41(31(24)25)34(27)45)33(44)38-26(19-20-29(37)42)32(43)40-30(22-11-6-4-7-12-22)23-13-8-5-9-14-23/h4-16,26-28,30H,17-21H2,1-3H3,(H2,37,42)(H,38,44)(H,39,46)(H,40,43)/t26-,27-,28-/m0/s1. The fraction of sp³-hybridized carbons (Fsp3) is 0.361. The van der Waals surface area contributed by atoms with Gasteiger partial charge in [0.25, 0.3) is 0 Å². The van der Waals surface area contributed by atoms with Crippen LogP contribution in [-0.2, 0) is 36.8 Å². The molecule has 0 fully saturated rings. The summed E-state index contributed by atoms with van der Waals surface area (Å²) < 4.78 is 5.40. The molecule has 0 radical (unpaired) electrons. The van der Waals surface area contributed by atoms with Crippen LogP contribution in [0.3, 0.4) is 0 Å². The van der Waals surface area contributed by atoms with Crippen LogP contribution in [-0.4, -0.2) is 53.4 Å². The number of alkyl carbamates (subject to hydrolysis) is 1. The number of benzene rings is 3. The number of nitrogens with two attached hydrogens (primary N) is 1. The van der Waals surface area contributed by atoms with Crippen molar-refractivity contribution in [3.8, 4) is 0 Å². The molecular weight excluding hydrogens is 598 g/mol. The van der Waals surface area contributed by atoms with Crippen LogP contribution >= 0.6 is 0 Å². The highest BCUT2D eigenvalue weighted by molar-refractivity contribution is 6.08. The summed E-state index contributed by atoms with van der Waals surface area (Å²) in [5.74, 6) is -2.11. The van der Waals surface area contributed by atoms with Crippen LogP contribution in [0.25, 0.3) is 0 Å². The molecule has 0 saturated carbocycles. The number of para-hydroxylation sites is 1. The van der Waals surface area contributed by atoms with Crippen molar-refractivity contribution >= 4 is 35.4 Å². The van der Waals surface area contributed by atoms with E-state index in [4.69, 9.17) is 10.5 Å². The first kappa shape index (κ1) is 33.2. The van der Waals surface area contributed by atoms with E-state index in [2.05, 4.69) is 16.0 Å². The van der Waals surface area contributed by atoms with Crippen LogP contribution in [0.2, 0.25) is 0 Å². The Morgan fingerprint density at radius 1 is 0.894 bits per heavy atom. The molecule has 2 aliphatic rings. The van der Waals surface area contributed by atoms with E-state index in [-0.39, 0.29) is 19.3 Å². The van der Waals surface area contributed by atoms with Gasteiger partial charge in [-0.15, -0.1) is 0 Å². The Kier molecular flexibility index (Phi) is 9.93. The molecule has 2 aliphatic heterocycles. The molecule has 3 aromatic rings. The quantitative estimate of drug-likeness (QED) is 0.266. The Labute approximate surface area is 274 Å². The van der Waals surface area contributed by atoms with Gasteiger partial charge in [-0.3, -0.25) is 24.1 Å². The number of hydrogen-bond acceptors (Lipinski definition) is 6. The highest BCUT2D eigenvalue weighted by Gasteiger charge is 2.45. The smallest absolute Gasteiger partial charge is 0.408 e. The molecule has 47 heavy (non-hydrogen) atoms. The monoisotopic (exact) mass is 639 g/mol. The van der Waals surface area contributed by atoms with Gasteiger partial charge in [0, 0.05) is 12.8 Å². The Balaban J connectivity index is 1.39. The molecule has 5 amide bonds. The molecule has 11 heteroatoms. The molecule has 0 aromatic heterocycles. The van der Waals surface area contributed by atoms with E-state index in [1.54, 1.807) is 20.8 Å². The summed E-state index contributed by atoms with van der Waals surface area (Å²) in [6, 6.07) is 21.0. The third-order valence-corrected chi connectivity index (χ3v) is 8.27. The Bertz CT molecular complexity index is 1600. The van der Waals surface area contributed by atoms with Gasteiger partial charge in [0.2, 0.25) is 23.6 Å². The van der Waals surface area contributed by atoms with Gasteiger partial charge >= 0.3 is 6.09 Å². The van der Waals surface area contributed by atoms with Crippen LogP contribution in [0.1, 0.15) is 68.3 Å². The first-order valence-electron chi connectivity index (χ1n) is 15.8. The molecule has 0 bridgehead atoms. The van der Waals surface area contributed by atoms with Gasteiger partial charge in [-0.25, -0.2) is 4.79 Å². The molecule has 5 N–H and O–H groups in total. The van der Waals surface area contributed by atoms with Crippen molar-refractivity contribution in [3.05, 3.63) is 101 Å². The average Bonchev–Trinajstić information content (AvgIpc) is 3.37. The number of aryl methyl sites for hydroxylation is 1. The van der Waals surface area contributed by atoms with Gasteiger partial charge in [0.05, 0.1) is 11.7 Å². The maximum absolute atomic E-state index is 14.1. The number of rotatable bonds is 10. The van der Waals surface area contributed by atoms with Gasteiger partial charge in [-0.05, 0) is 62.3 Å². The number of amides is 5. The molecule has 2 heterocycles. The number of anilines is 1. The zero-order valence-corrected chi connectivity index (χ0v) is 26.8. The molecule has 0 unspecified atom stereocenters. The molecule has 246 valence electrons.